The quantitative estimate of drug-likeness (QED) is 0.226. The molecule has 2 aromatic heterocycles. The molecule has 0 bridgehead atoms. The van der Waals surface area contributed by atoms with Crippen LogP contribution < -0.4 is 10.6 Å². The molecule has 9 nitrogen and oxygen atoms in total. The van der Waals surface area contributed by atoms with Crippen LogP contribution in [-0.2, 0) is 11.5 Å². The summed E-state index contributed by atoms with van der Waals surface area (Å²) in [5, 5.41) is 9.46. The zero-order valence-electron chi connectivity index (χ0n) is 19.0. The fourth-order valence-corrected chi connectivity index (χ4v) is 3.44. The zero-order chi connectivity index (χ0) is 24.8. The molecule has 0 unspecified atom stereocenters. The van der Waals surface area contributed by atoms with E-state index in [1.807, 2.05) is 0 Å². The van der Waals surface area contributed by atoms with Gasteiger partial charge >= 0.3 is 6.18 Å². The molecular formula is C21H25F3N8OSi. The maximum absolute atomic E-state index is 12.4. The monoisotopic (exact) mass is 490 g/mol. The number of ether oxygens (including phenoxy) is 1. The summed E-state index contributed by atoms with van der Waals surface area (Å²) in [6.07, 6.45) is -1.64. The summed E-state index contributed by atoms with van der Waals surface area (Å²) >= 11 is 0. The minimum atomic E-state index is -4.41. The third-order valence-electron chi connectivity index (χ3n) is 4.50. The third-order valence-corrected chi connectivity index (χ3v) is 6.20. The Morgan fingerprint density at radius 3 is 2.53 bits per heavy atom. The van der Waals surface area contributed by atoms with Crippen molar-refractivity contribution in [2.45, 2.75) is 38.6 Å². The van der Waals surface area contributed by atoms with Gasteiger partial charge in [-0.15, -0.1) is 5.10 Å². The summed E-state index contributed by atoms with van der Waals surface area (Å²) in [7, 11) is -1.15. The first-order valence-corrected chi connectivity index (χ1v) is 14.1. The highest BCUT2D eigenvalue weighted by atomic mass is 28.3. The molecule has 0 aliphatic heterocycles. The Hall–Kier alpha value is -3.50. The Morgan fingerprint density at radius 1 is 1.15 bits per heavy atom. The van der Waals surface area contributed by atoms with Gasteiger partial charge in [-0.2, -0.15) is 13.2 Å². The fraction of sp³-hybridized carbons (Fsp3) is 0.381. The molecule has 0 aliphatic rings. The van der Waals surface area contributed by atoms with Crippen molar-refractivity contribution < 1.29 is 17.9 Å². The first kappa shape index (κ1) is 25.1. The van der Waals surface area contributed by atoms with Crippen LogP contribution >= 0.6 is 0 Å². The molecule has 0 spiro atoms. The normalized spacial score (nSPS) is 11.8. The van der Waals surface area contributed by atoms with Crippen molar-refractivity contribution in [1.82, 2.24) is 24.7 Å². The topological polar surface area (TPSA) is 94.1 Å². The van der Waals surface area contributed by atoms with Crippen LogP contribution in [0, 0.1) is 6.57 Å². The van der Waals surface area contributed by atoms with Gasteiger partial charge in [0.2, 0.25) is 11.6 Å². The Morgan fingerprint density at radius 2 is 1.88 bits per heavy atom. The molecule has 3 rings (SSSR count). The lowest BCUT2D eigenvalue weighted by molar-refractivity contribution is -0.115. The smallest absolute Gasteiger partial charge is 0.359 e. The van der Waals surface area contributed by atoms with Crippen LogP contribution in [0.4, 0.5) is 36.3 Å². The Labute approximate surface area is 196 Å². The van der Waals surface area contributed by atoms with Gasteiger partial charge < -0.3 is 15.4 Å². The molecule has 13 heteroatoms. The first-order chi connectivity index (χ1) is 16.0. The van der Waals surface area contributed by atoms with Gasteiger partial charge in [0.1, 0.15) is 25.4 Å². The lowest BCUT2D eigenvalue weighted by Crippen LogP contribution is -2.22. The standard InChI is InChI=1S/C21H25F3N8OSi/c1-25-17-11-26-20(27-12-21(22,23)24)30-19(17)29-16-7-5-15(6-8-16)18-28-13-32(31-18)14-33-9-10-34(2,3)4/h5-8,11,13H,9-10,12,14H2,2-4H3,(H2,26,27,29,30). The van der Waals surface area contributed by atoms with E-state index in [0.29, 0.717) is 24.8 Å². The summed E-state index contributed by atoms with van der Waals surface area (Å²) in [5.41, 5.74) is 1.44. The van der Waals surface area contributed by atoms with E-state index in [-0.39, 0.29) is 17.5 Å². The Kier molecular flexibility index (Phi) is 7.85. The molecule has 0 fully saturated rings. The number of nitrogens with zero attached hydrogens (tertiary/aromatic N) is 6. The minimum Gasteiger partial charge on any atom is -0.359 e. The van der Waals surface area contributed by atoms with Crippen LogP contribution in [0.3, 0.4) is 0 Å². The predicted molar refractivity (Wildman–Crippen MR) is 126 cm³/mol. The van der Waals surface area contributed by atoms with Gasteiger partial charge in [-0.25, -0.2) is 24.5 Å². The highest BCUT2D eigenvalue weighted by Crippen LogP contribution is 2.28. The second-order valence-electron chi connectivity index (χ2n) is 8.67. The van der Waals surface area contributed by atoms with Crippen molar-refractivity contribution in [3.8, 4) is 11.4 Å². The van der Waals surface area contributed by atoms with Crippen molar-refractivity contribution >= 4 is 31.2 Å². The molecule has 0 saturated heterocycles. The lowest BCUT2D eigenvalue weighted by Gasteiger charge is -2.15. The number of rotatable bonds is 10. The van der Waals surface area contributed by atoms with Gasteiger partial charge in [0.15, 0.2) is 5.82 Å². The highest BCUT2D eigenvalue weighted by molar-refractivity contribution is 6.76. The minimum absolute atomic E-state index is 0.0798. The predicted octanol–water partition coefficient (Wildman–Crippen LogP) is 5.32. The van der Waals surface area contributed by atoms with Gasteiger partial charge in [0, 0.05) is 32.1 Å². The van der Waals surface area contributed by atoms with E-state index in [2.05, 4.69) is 55.2 Å². The molecule has 0 aliphatic carbocycles. The van der Waals surface area contributed by atoms with Crippen LogP contribution in [0.15, 0.2) is 36.8 Å². The van der Waals surface area contributed by atoms with E-state index in [0.717, 1.165) is 17.8 Å². The van der Waals surface area contributed by atoms with Gasteiger partial charge in [-0.1, -0.05) is 19.6 Å². The number of hydrogen-bond donors (Lipinski definition) is 2. The van der Waals surface area contributed by atoms with Crippen LogP contribution in [0.1, 0.15) is 0 Å². The molecule has 2 heterocycles. The lowest BCUT2D eigenvalue weighted by atomic mass is 10.2. The second-order valence-corrected chi connectivity index (χ2v) is 14.3. The zero-order valence-corrected chi connectivity index (χ0v) is 20.0. The molecule has 0 radical (unpaired) electrons. The summed E-state index contributed by atoms with van der Waals surface area (Å²) in [5.74, 6) is 0.397. The average Bonchev–Trinajstić information content (AvgIpc) is 3.24. The molecule has 0 amide bonds. The summed E-state index contributed by atoms with van der Waals surface area (Å²) < 4.78 is 44.6. The number of benzene rings is 1. The van der Waals surface area contributed by atoms with Crippen molar-refractivity contribution in [1.29, 1.82) is 0 Å². The van der Waals surface area contributed by atoms with E-state index < -0.39 is 20.8 Å². The van der Waals surface area contributed by atoms with E-state index in [9.17, 15) is 13.2 Å². The molecule has 1 aromatic carbocycles. The van der Waals surface area contributed by atoms with Crippen molar-refractivity contribution in [2.75, 3.05) is 23.8 Å². The molecule has 3 aromatic rings. The van der Waals surface area contributed by atoms with Crippen molar-refractivity contribution in [2.24, 2.45) is 0 Å². The van der Waals surface area contributed by atoms with Crippen molar-refractivity contribution in [3.05, 3.63) is 48.2 Å². The maximum Gasteiger partial charge on any atom is 0.405 e. The number of halogens is 3. The summed E-state index contributed by atoms with van der Waals surface area (Å²) in [4.78, 5) is 15.4. The third kappa shape index (κ3) is 7.82. The van der Waals surface area contributed by atoms with Crippen LogP contribution in [0.5, 0.6) is 0 Å². The molecule has 0 atom stereocenters. The van der Waals surface area contributed by atoms with Crippen LogP contribution in [0.2, 0.25) is 25.7 Å². The number of alkyl halides is 3. The van der Waals surface area contributed by atoms with E-state index >= 15 is 0 Å². The molecule has 180 valence electrons. The number of aromatic nitrogens is 5. The Bertz CT molecular complexity index is 1140. The van der Waals surface area contributed by atoms with Crippen LogP contribution in [-0.4, -0.2) is 52.1 Å². The SMILES string of the molecule is [C-]#[N+]c1cnc(NCC(F)(F)F)nc1Nc1ccc(-c2ncn(COCC[Si](C)(C)C)n2)cc1. The second kappa shape index (κ2) is 10.6. The highest BCUT2D eigenvalue weighted by Gasteiger charge is 2.27. The van der Waals surface area contributed by atoms with Crippen LogP contribution in [0.25, 0.3) is 16.2 Å². The largest absolute Gasteiger partial charge is 0.405 e. The van der Waals surface area contributed by atoms with E-state index in [4.69, 9.17) is 11.3 Å². The number of hydrogen-bond acceptors (Lipinski definition) is 7. The summed E-state index contributed by atoms with van der Waals surface area (Å²) in [6.45, 7) is 13.9. The van der Waals surface area contributed by atoms with Crippen molar-refractivity contribution in [3.63, 3.8) is 0 Å². The van der Waals surface area contributed by atoms with Gasteiger partial charge in [0.05, 0.1) is 6.57 Å². The molecule has 0 saturated carbocycles. The van der Waals surface area contributed by atoms with E-state index in [1.54, 1.807) is 35.3 Å². The first-order valence-electron chi connectivity index (χ1n) is 10.4. The summed E-state index contributed by atoms with van der Waals surface area (Å²) in [6, 6.07) is 8.12. The number of anilines is 3. The van der Waals surface area contributed by atoms with Gasteiger partial charge in [-0.3, -0.25) is 0 Å². The van der Waals surface area contributed by atoms with Gasteiger partial charge in [-0.05, 0) is 30.3 Å². The average molecular weight is 491 g/mol. The maximum atomic E-state index is 12.4. The van der Waals surface area contributed by atoms with E-state index in [1.165, 1.54) is 0 Å². The number of nitrogens with one attached hydrogen (secondary N) is 2. The van der Waals surface area contributed by atoms with Gasteiger partial charge in [0.25, 0.3) is 0 Å². The molecule has 34 heavy (non-hydrogen) atoms. The molecular weight excluding hydrogens is 465 g/mol. The molecule has 2 N–H and O–H groups in total. The Balaban J connectivity index is 1.63. The fourth-order valence-electron chi connectivity index (χ4n) is 2.68.